The molecule has 0 saturated carbocycles. The SMILES string of the molecule is CCC=CCC=CCC=CCC=CCC=CCC=CCCC(=O)NCCCC. The van der Waals surface area contributed by atoms with Gasteiger partial charge in [0.05, 0.1) is 0 Å². The van der Waals surface area contributed by atoms with Crippen LogP contribution in [-0.2, 0) is 4.79 Å². The molecule has 0 bridgehead atoms. The monoisotopic (exact) mass is 383 g/mol. The Morgan fingerprint density at radius 3 is 1.50 bits per heavy atom. The molecule has 0 aromatic heterocycles. The topological polar surface area (TPSA) is 29.1 Å². The minimum atomic E-state index is 0.160. The minimum Gasteiger partial charge on any atom is -0.356 e. The molecular weight excluding hydrogens is 342 g/mol. The summed E-state index contributed by atoms with van der Waals surface area (Å²) >= 11 is 0. The summed E-state index contributed by atoms with van der Waals surface area (Å²) in [7, 11) is 0. The van der Waals surface area contributed by atoms with E-state index in [0.29, 0.717) is 6.42 Å². The number of amides is 1. The van der Waals surface area contributed by atoms with Gasteiger partial charge in [-0.1, -0.05) is 93.2 Å². The van der Waals surface area contributed by atoms with Gasteiger partial charge < -0.3 is 5.32 Å². The number of allylic oxidation sites excluding steroid dienone is 12. The van der Waals surface area contributed by atoms with Crippen molar-refractivity contribution in [3.63, 3.8) is 0 Å². The van der Waals surface area contributed by atoms with Crippen LogP contribution in [0.3, 0.4) is 0 Å². The Morgan fingerprint density at radius 2 is 1.07 bits per heavy atom. The first-order chi connectivity index (χ1) is 13.8. The van der Waals surface area contributed by atoms with Gasteiger partial charge in [0.2, 0.25) is 5.91 Å². The second kappa shape index (κ2) is 23.0. The summed E-state index contributed by atoms with van der Waals surface area (Å²) < 4.78 is 0. The average Bonchev–Trinajstić information content (AvgIpc) is 2.70. The van der Waals surface area contributed by atoms with Crippen LogP contribution in [0.2, 0.25) is 0 Å². The smallest absolute Gasteiger partial charge is 0.220 e. The van der Waals surface area contributed by atoms with E-state index >= 15 is 0 Å². The molecule has 0 heterocycles. The van der Waals surface area contributed by atoms with Crippen LogP contribution < -0.4 is 5.32 Å². The molecule has 2 nitrogen and oxygen atoms in total. The minimum absolute atomic E-state index is 0.160. The van der Waals surface area contributed by atoms with Crippen LogP contribution in [0.25, 0.3) is 0 Å². The third-order valence-electron chi connectivity index (χ3n) is 3.99. The van der Waals surface area contributed by atoms with Crippen molar-refractivity contribution in [2.45, 2.75) is 78.1 Å². The number of hydrogen-bond donors (Lipinski definition) is 1. The van der Waals surface area contributed by atoms with Crippen molar-refractivity contribution in [1.29, 1.82) is 0 Å². The highest BCUT2D eigenvalue weighted by Gasteiger charge is 1.96. The lowest BCUT2D eigenvalue weighted by Crippen LogP contribution is -2.23. The van der Waals surface area contributed by atoms with Gasteiger partial charge in [-0.15, -0.1) is 0 Å². The van der Waals surface area contributed by atoms with Gasteiger partial charge in [0.15, 0.2) is 0 Å². The van der Waals surface area contributed by atoms with Crippen molar-refractivity contribution < 1.29 is 4.79 Å². The molecule has 0 fully saturated rings. The lowest BCUT2D eigenvalue weighted by atomic mass is 10.2. The molecule has 0 aliphatic heterocycles. The van der Waals surface area contributed by atoms with E-state index in [1.54, 1.807) is 0 Å². The van der Waals surface area contributed by atoms with Gasteiger partial charge in [0.25, 0.3) is 0 Å². The van der Waals surface area contributed by atoms with Gasteiger partial charge in [-0.05, 0) is 51.4 Å². The molecule has 28 heavy (non-hydrogen) atoms. The van der Waals surface area contributed by atoms with E-state index in [1.165, 1.54) is 0 Å². The number of hydrogen-bond acceptors (Lipinski definition) is 1. The molecule has 0 aliphatic carbocycles. The van der Waals surface area contributed by atoms with Crippen molar-refractivity contribution in [3.05, 3.63) is 72.9 Å². The number of carbonyl (C=O) groups excluding carboxylic acids is 1. The summed E-state index contributed by atoms with van der Waals surface area (Å²) in [6.07, 6.45) is 36.0. The molecule has 0 aromatic rings. The zero-order valence-electron chi connectivity index (χ0n) is 18.1. The van der Waals surface area contributed by atoms with Crippen LogP contribution in [0.5, 0.6) is 0 Å². The molecule has 0 atom stereocenters. The van der Waals surface area contributed by atoms with Crippen molar-refractivity contribution in [2.75, 3.05) is 6.54 Å². The molecule has 1 amide bonds. The van der Waals surface area contributed by atoms with Crippen LogP contribution in [-0.4, -0.2) is 12.5 Å². The summed E-state index contributed by atoms with van der Waals surface area (Å²) in [4.78, 5) is 11.5. The van der Waals surface area contributed by atoms with Gasteiger partial charge in [-0.25, -0.2) is 0 Å². The summed E-state index contributed by atoms with van der Waals surface area (Å²) in [5, 5.41) is 2.94. The first kappa shape index (κ1) is 25.9. The molecule has 1 N–H and O–H groups in total. The van der Waals surface area contributed by atoms with Crippen molar-refractivity contribution in [3.8, 4) is 0 Å². The van der Waals surface area contributed by atoms with Crippen LogP contribution in [0.15, 0.2) is 72.9 Å². The summed E-state index contributed by atoms with van der Waals surface area (Å²) in [6, 6.07) is 0. The van der Waals surface area contributed by atoms with E-state index in [4.69, 9.17) is 0 Å². The third-order valence-corrected chi connectivity index (χ3v) is 3.99. The Hall–Kier alpha value is -2.09. The second-order valence-corrected chi connectivity index (χ2v) is 6.66. The Balaban J connectivity index is 3.54. The third kappa shape index (κ3) is 22.0. The number of rotatable bonds is 17. The standard InChI is InChI=1S/C26H41NO/c1-3-5-7-8-9-10-11-12-13-14-15-16-17-18-19-20-21-22-23-24-26(28)27-25-6-4-2/h5,7,9-10,12-13,15-16,18-19,21-22H,3-4,6,8,11,14,17,20,23-25H2,1-2H3,(H,27,28). The average molecular weight is 384 g/mol. The summed E-state index contributed by atoms with van der Waals surface area (Å²) in [5.74, 6) is 0.160. The van der Waals surface area contributed by atoms with Crippen LogP contribution in [0.4, 0.5) is 0 Å². The Morgan fingerprint density at radius 1 is 0.643 bits per heavy atom. The summed E-state index contributed by atoms with van der Waals surface area (Å²) in [5.41, 5.74) is 0. The van der Waals surface area contributed by atoms with E-state index in [9.17, 15) is 4.79 Å². The Bertz CT molecular complexity index is 521. The molecule has 0 aromatic carbocycles. The van der Waals surface area contributed by atoms with E-state index in [2.05, 4.69) is 92.1 Å². The van der Waals surface area contributed by atoms with Crippen LogP contribution >= 0.6 is 0 Å². The zero-order chi connectivity index (χ0) is 20.5. The van der Waals surface area contributed by atoms with Crippen molar-refractivity contribution in [2.24, 2.45) is 0 Å². The van der Waals surface area contributed by atoms with E-state index in [0.717, 1.165) is 64.3 Å². The molecule has 0 saturated heterocycles. The van der Waals surface area contributed by atoms with Gasteiger partial charge in [-0.3, -0.25) is 4.79 Å². The van der Waals surface area contributed by atoms with Gasteiger partial charge in [-0.2, -0.15) is 0 Å². The molecule has 0 spiro atoms. The lowest BCUT2D eigenvalue weighted by Gasteiger charge is -2.01. The van der Waals surface area contributed by atoms with Gasteiger partial charge in [0.1, 0.15) is 0 Å². The lowest BCUT2D eigenvalue weighted by molar-refractivity contribution is -0.121. The van der Waals surface area contributed by atoms with Gasteiger partial charge >= 0.3 is 0 Å². The normalized spacial score (nSPS) is 12.8. The fourth-order valence-electron chi connectivity index (χ4n) is 2.35. The molecule has 0 rings (SSSR count). The molecule has 0 aliphatic rings. The van der Waals surface area contributed by atoms with Crippen molar-refractivity contribution in [1.82, 2.24) is 5.32 Å². The molecule has 0 radical (unpaired) electrons. The van der Waals surface area contributed by atoms with Crippen molar-refractivity contribution >= 4 is 5.91 Å². The molecule has 2 heteroatoms. The quantitative estimate of drug-likeness (QED) is 0.206. The van der Waals surface area contributed by atoms with Crippen LogP contribution in [0.1, 0.15) is 78.1 Å². The zero-order valence-corrected chi connectivity index (χ0v) is 18.1. The molecule has 0 unspecified atom stereocenters. The highest BCUT2D eigenvalue weighted by Crippen LogP contribution is 1.98. The fraction of sp³-hybridized carbons (Fsp3) is 0.500. The van der Waals surface area contributed by atoms with E-state index in [-0.39, 0.29) is 5.91 Å². The van der Waals surface area contributed by atoms with E-state index < -0.39 is 0 Å². The van der Waals surface area contributed by atoms with Gasteiger partial charge in [0, 0.05) is 13.0 Å². The number of carbonyl (C=O) groups is 1. The maximum absolute atomic E-state index is 11.5. The highest BCUT2D eigenvalue weighted by molar-refractivity contribution is 5.75. The first-order valence-corrected chi connectivity index (χ1v) is 11.0. The Kier molecular flexibility index (Phi) is 21.2. The second-order valence-electron chi connectivity index (χ2n) is 6.66. The molecular formula is C26H41NO. The fourth-order valence-corrected chi connectivity index (χ4v) is 2.35. The number of unbranched alkanes of at least 4 members (excludes halogenated alkanes) is 1. The molecule has 156 valence electrons. The predicted molar refractivity (Wildman–Crippen MR) is 125 cm³/mol. The predicted octanol–water partition coefficient (Wildman–Crippen LogP) is 7.38. The Labute approximate surface area is 173 Å². The maximum atomic E-state index is 11.5. The summed E-state index contributed by atoms with van der Waals surface area (Å²) in [6.45, 7) is 5.09. The number of nitrogens with one attached hydrogen (secondary N) is 1. The first-order valence-electron chi connectivity index (χ1n) is 11.0. The maximum Gasteiger partial charge on any atom is 0.220 e. The largest absolute Gasteiger partial charge is 0.356 e. The van der Waals surface area contributed by atoms with E-state index in [1.807, 2.05) is 0 Å². The highest BCUT2D eigenvalue weighted by atomic mass is 16.1. The van der Waals surface area contributed by atoms with Crippen LogP contribution in [0, 0.1) is 0 Å².